The number of amides is 1. The van der Waals surface area contributed by atoms with Gasteiger partial charge in [0, 0.05) is 15.4 Å². The quantitative estimate of drug-likeness (QED) is 0.528. The van der Waals surface area contributed by atoms with Gasteiger partial charge in [0.1, 0.15) is 11.6 Å². The van der Waals surface area contributed by atoms with Crippen LogP contribution in [0.3, 0.4) is 0 Å². The Balaban J connectivity index is 1.43. The molecule has 0 saturated carbocycles. The Morgan fingerprint density at radius 2 is 1.79 bits per heavy atom. The lowest BCUT2D eigenvalue weighted by Gasteiger charge is -2.07. The van der Waals surface area contributed by atoms with Crippen LogP contribution in [0.4, 0.5) is 9.52 Å². The summed E-state index contributed by atoms with van der Waals surface area (Å²) in [6, 6.07) is 12.8. The molecular weight excluding hydrogens is 451 g/mol. The zero-order chi connectivity index (χ0) is 19.9. The summed E-state index contributed by atoms with van der Waals surface area (Å²) in [5.41, 5.74) is 1.34. The van der Waals surface area contributed by atoms with E-state index in [-0.39, 0.29) is 12.4 Å². The Kier molecular flexibility index (Phi) is 6.72. The molecule has 0 bridgehead atoms. The predicted octanol–water partition coefficient (Wildman–Crippen LogP) is 4.27. The molecule has 0 unspecified atom stereocenters. The number of nitrogens with one attached hydrogen (secondary N) is 1. The van der Waals surface area contributed by atoms with Crippen LogP contribution in [0.15, 0.2) is 58.4 Å². The van der Waals surface area contributed by atoms with E-state index in [1.807, 2.05) is 0 Å². The van der Waals surface area contributed by atoms with Gasteiger partial charge in [0.2, 0.25) is 0 Å². The predicted molar refractivity (Wildman–Crippen MR) is 107 cm³/mol. The molecule has 0 radical (unpaired) electrons. The molecule has 3 rings (SSSR count). The average Bonchev–Trinajstić information content (AvgIpc) is 3.15. The number of esters is 1. The van der Waals surface area contributed by atoms with Crippen LogP contribution in [-0.4, -0.2) is 30.1 Å². The number of hydrogen-bond donors (Lipinski definition) is 1. The van der Waals surface area contributed by atoms with Crippen molar-refractivity contribution >= 4 is 44.3 Å². The fourth-order valence-electron chi connectivity index (χ4n) is 2.10. The number of carbonyl (C=O) groups excluding carboxylic acids is 2. The Morgan fingerprint density at radius 1 is 1.07 bits per heavy atom. The zero-order valence-corrected chi connectivity index (χ0v) is 16.8. The fourth-order valence-corrected chi connectivity index (χ4v) is 3.10. The minimum Gasteiger partial charge on any atom is -0.482 e. The van der Waals surface area contributed by atoms with Gasteiger partial charge in [-0.3, -0.25) is 10.1 Å². The van der Waals surface area contributed by atoms with Crippen molar-refractivity contribution in [1.29, 1.82) is 0 Å². The zero-order valence-electron chi connectivity index (χ0n) is 14.4. The number of rotatable bonds is 7. The number of nitrogens with zero attached hydrogens (tertiary/aromatic N) is 1. The molecule has 1 N–H and O–H groups in total. The van der Waals surface area contributed by atoms with Gasteiger partial charge in [-0.1, -0.05) is 15.9 Å². The number of carbonyl (C=O) groups is 2. The topological polar surface area (TPSA) is 77.5 Å². The minimum atomic E-state index is -0.663. The third-order valence-electron chi connectivity index (χ3n) is 3.43. The van der Waals surface area contributed by atoms with Gasteiger partial charge in [0.25, 0.3) is 5.91 Å². The highest BCUT2D eigenvalue weighted by atomic mass is 79.9. The van der Waals surface area contributed by atoms with Crippen LogP contribution < -0.4 is 10.1 Å². The van der Waals surface area contributed by atoms with Crippen molar-refractivity contribution in [2.75, 3.05) is 18.5 Å². The van der Waals surface area contributed by atoms with Gasteiger partial charge in [-0.2, -0.15) is 0 Å². The summed E-state index contributed by atoms with van der Waals surface area (Å²) < 4.78 is 24.0. The van der Waals surface area contributed by atoms with E-state index in [1.165, 1.54) is 23.5 Å². The molecule has 0 atom stereocenters. The van der Waals surface area contributed by atoms with Crippen LogP contribution in [0.5, 0.6) is 5.75 Å². The molecule has 0 spiro atoms. The van der Waals surface area contributed by atoms with Crippen molar-refractivity contribution in [3.8, 4) is 17.0 Å². The average molecular weight is 465 g/mol. The second-order valence-electron chi connectivity index (χ2n) is 5.50. The van der Waals surface area contributed by atoms with E-state index < -0.39 is 18.5 Å². The highest BCUT2D eigenvalue weighted by Gasteiger charge is 2.11. The van der Waals surface area contributed by atoms with E-state index in [0.717, 1.165) is 10.0 Å². The van der Waals surface area contributed by atoms with E-state index in [1.54, 1.807) is 41.8 Å². The smallest absolute Gasteiger partial charge is 0.344 e. The van der Waals surface area contributed by atoms with E-state index in [9.17, 15) is 14.0 Å². The van der Waals surface area contributed by atoms with Gasteiger partial charge < -0.3 is 9.47 Å². The number of halogens is 2. The molecule has 1 amide bonds. The van der Waals surface area contributed by atoms with Gasteiger partial charge in [-0.05, 0) is 48.5 Å². The van der Waals surface area contributed by atoms with E-state index in [0.29, 0.717) is 16.6 Å². The summed E-state index contributed by atoms with van der Waals surface area (Å²) in [5.74, 6) is -1.000. The third kappa shape index (κ3) is 5.86. The molecule has 6 nitrogen and oxygen atoms in total. The first-order chi connectivity index (χ1) is 13.5. The highest BCUT2D eigenvalue weighted by molar-refractivity contribution is 9.10. The van der Waals surface area contributed by atoms with Crippen LogP contribution >= 0.6 is 27.3 Å². The van der Waals surface area contributed by atoms with Crippen LogP contribution in [-0.2, 0) is 14.3 Å². The first-order valence-corrected chi connectivity index (χ1v) is 9.72. The van der Waals surface area contributed by atoms with Crippen molar-refractivity contribution < 1.29 is 23.5 Å². The number of benzene rings is 2. The maximum atomic E-state index is 13.0. The number of aromatic nitrogens is 1. The number of thiazole rings is 1. The summed E-state index contributed by atoms with van der Waals surface area (Å²) in [4.78, 5) is 27.8. The Bertz CT molecular complexity index is 961. The van der Waals surface area contributed by atoms with Crippen molar-refractivity contribution in [2.24, 2.45) is 0 Å². The van der Waals surface area contributed by atoms with E-state index in [4.69, 9.17) is 9.47 Å². The lowest BCUT2D eigenvalue weighted by molar-refractivity contribution is -0.149. The molecule has 9 heteroatoms. The molecule has 0 aliphatic heterocycles. The summed E-state index contributed by atoms with van der Waals surface area (Å²) in [5, 5.41) is 4.64. The minimum absolute atomic E-state index is 0.305. The van der Waals surface area contributed by atoms with Crippen LogP contribution in [0.2, 0.25) is 0 Å². The summed E-state index contributed by atoms with van der Waals surface area (Å²) in [7, 11) is 0. The van der Waals surface area contributed by atoms with Gasteiger partial charge in [-0.15, -0.1) is 11.3 Å². The number of hydrogen-bond acceptors (Lipinski definition) is 6. The molecule has 144 valence electrons. The number of ether oxygens (including phenoxy) is 2. The Hall–Kier alpha value is -2.78. The first kappa shape index (κ1) is 20.0. The standard InChI is InChI=1S/C19H14BrFN2O4S/c20-13-3-7-15(8-4-13)26-10-18(25)27-9-17(24)23-19-22-16(11-28-19)12-1-5-14(21)6-2-12/h1-8,11H,9-10H2,(H,22,23,24). The third-order valence-corrected chi connectivity index (χ3v) is 4.71. The SMILES string of the molecule is O=C(COC(=O)COc1ccc(Br)cc1)Nc1nc(-c2ccc(F)cc2)cs1. The molecule has 2 aromatic carbocycles. The van der Waals surface area contributed by atoms with Crippen LogP contribution in [0, 0.1) is 5.82 Å². The molecule has 28 heavy (non-hydrogen) atoms. The Morgan fingerprint density at radius 3 is 2.50 bits per heavy atom. The summed E-state index contributed by atoms with van der Waals surface area (Å²) in [6.07, 6.45) is 0. The molecule has 0 saturated heterocycles. The maximum absolute atomic E-state index is 13.0. The molecule has 0 aliphatic carbocycles. The molecule has 0 fully saturated rings. The largest absolute Gasteiger partial charge is 0.482 e. The molecule has 0 aliphatic rings. The van der Waals surface area contributed by atoms with Crippen molar-refractivity contribution in [3.05, 3.63) is 64.2 Å². The first-order valence-electron chi connectivity index (χ1n) is 8.05. The normalized spacial score (nSPS) is 10.4. The van der Waals surface area contributed by atoms with Crippen LogP contribution in [0.25, 0.3) is 11.3 Å². The summed E-state index contributed by atoms with van der Waals surface area (Å²) in [6.45, 7) is -0.755. The molecule has 1 heterocycles. The molecule has 1 aromatic heterocycles. The monoisotopic (exact) mass is 464 g/mol. The maximum Gasteiger partial charge on any atom is 0.344 e. The molecular formula is C19H14BrFN2O4S. The summed E-state index contributed by atoms with van der Waals surface area (Å²) >= 11 is 4.51. The van der Waals surface area contributed by atoms with Gasteiger partial charge in [-0.25, -0.2) is 14.2 Å². The Labute approximate surface area is 172 Å². The van der Waals surface area contributed by atoms with E-state index in [2.05, 4.69) is 26.2 Å². The van der Waals surface area contributed by atoms with Crippen molar-refractivity contribution in [1.82, 2.24) is 4.98 Å². The van der Waals surface area contributed by atoms with Gasteiger partial charge >= 0.3 is 5.97 Å². The fraction of sp³-hybridized carbons (Fsp3) is 0.105. The van der Waals surface area contributed by atoms with Crippen LogP contribution in [0.1, 0.15) is 0 Å². The lowest BCUT2D eigenvalue weighted by atomic mass is 10.2. The van der Waals surface area contributed by atoms with Crippen molar-refractivity contribution in [3.63, 3.8) is 0 Å². The second-order valence-corrected chi connectivity index (χ2v) is 7.27. The molecule has 3 aromatic rings. The van der Waals surface area contributed by atoms with E-state index >= 15 is 0 Å². The van der Waals surface area contributed by atoms with Gasteiger partial charge in [0.15, 0.2) is 18.3 Å². The highest BCUT2D eigenvalue weighted by Crippen LogP contribution is 2.25. The number of anilines is 1. The van der Waals surface area contributed by atoms with Gasteiger partial charge in [0.05, 0.1) is 5.69 Å². The second kappa shape index (κ2) is 9.43. The van der Waals surface area contributed by atoms with Crippen molar-refractivity contribution in [2.45, 2.75) is 0 Å². The lowest BCUT2D eigenvalue weighted by Crippen LogP contribution is -2.23.